The molecule has 2 aliphatic carbocycles. The van der Waals surface area contributed by atoms with Crippen molar-refractivity contribution >= 4 is 0 Å². The Hall–Kier alpha value is -1.02. The Morgan fingerprint density at radius 3 is 2.78 bits per heavy atom. The molecule has 2 N–H and O–H groups in total. The normalized spacial score (nSPS) is 25.1. The Morgan fingerprint density at radius 1 is 1.33 bits per heavy atom. The zero-order chi connectivity index (χ0) is 12.6. The van der Waals surface area contributed by atoms with Crippen molar-refractivity contribution < 1.29 is 4.74 Å². The molecular formula is C16H23NO. The summed E-state index contributed by atoms with van der Waals surface area (Å²) in [6, 6.07) is 6.65. The van der Waals surface area contributed by atoms with Crippen LogP contribution in [0, 0.1) is 5.92 Å². The van der Waals surface area contributed by atoms with Crippen LogP contribution in [0.25, 0.3) is 0 Å². The van der Waals surface area contributed by atoms with Gasteiger partial charge in [-0.2, -0.15) is 0 Å². The zero-order valence-electron chi connectivity index (χ0n) is 11.2. The van der Waals surface area contributed by atoms with Crippen molar-refractivity contribution in [1.82, 2.24) is 0 Å². The third kappa shape index (κ3) is 1.66. The first kappa shape index (κ1) is 12.0. The standard InChI is InChI=1S/C16H23NO/c1-18-14-7-5-12-4-6-13(11-17)16(15(12)10-14)8-2-3-9-16/h5,7,10,13H,2-4,6,8-9,11,17H2,1H3. The van der Waals surface area contributed by atoms with Gasteiger partial charge in [0.25, 0.3) is 0 Å². The van der Waals surface area contributed by atoms with E-state index >= 15 is 0 Å². The lowest BCUT2D eigenvalue weighted by atomic mass is 9.62. The third-order valence-electron chi connectivity index (χ3n) is 5.18. The minimum Gasteiger partial charge on any atom is -0.497 e. The van der Waals surface area contributed by atoms with Crippen LogP contribution < -0.4 is 10.5 Å². The number of rotatable bonds is 2. The molecule has 0 saturated heterocycles. The summed E-state index contributed by atoms with van der Waals surface area (Å²) < 4.78 is 5.42. The summed E-state index contributed by atoms with van der Waals surface area (Å²) in [7, 11) is 1.76. The summed E-state index contributed by atoms with van der Waals surface area (Å²) in [6.45, 7) is 0.830. The Kier molecular flexibility index (Phi) is 3.06. The Labute approximate surface area is 110 Å². The number of hydrogen-bond acceptors (Lipinski definition) is 2. The van der Waals surface area contributed by atoms with Gasteiger partial charge in [0, 0.05) is 0 Å². The van der Waals surface area contributed by atoms with E-state index in [0.29, 0.717) is 11.3 Å². The number of hydrogen-bond donors (Lipinski definition) is 1. The van der Waals surface area contributed by atoms with E-state index in [1.807, 2.05) is 0 Å². The average Bonchev–Trinajstić information content (AvgIpc) is 2.89. The zero-order valence-corrected chi connectivity index (χ0v) is 11.2. The molecule has 0 amide bonds. The van der Waals surface area contributed by atoms with Crippen LogP contribution in [0.4, 0.5) is 0 Å². The second-order valence-electron chi connectivity index (χ2n) is 5.86. The first-order valence-electron chi connectivity index (χ1n) is 7.17. The molecule has 98 valence electrons. The van der Waals surface area contributed by atoms with Crippen LogP contribution in [-0.2, 0) is 11.8 Å². The van der Waals surface area contributed by atoms with Crippen LogP contribution >= 0.6 is 0 Å². The number of methoxy groups -OCH3 is 1. The van der Waals surface area contributed by atoms with Gasteiger partial charge in [-0.3, -0.25) is 0 Å². The van der Waals surface area contributed by atoms with E-state index in [2.05, 4.69) is 18.2 Å². The maximum Gasteiger partial charge on any atom is 0.119 e. The van der Waals surface area contributed by atoms with E-state index in [9.17, 15) is 0 Å². The maximum absolute atomic E-state index is 6.05. The fourth-order valence-corrected chi connectivity index (χ4v) is 4.22. The molecule has 3 rings (SSSR count). The molecule has 1 aromatic carbocycles. The van der Waals surface area contributed by atoms with Gasteiger partial charge in [-0.05, 0) is 66.8 Å². The summed E-state index contributed by atoms with van der Waals surface area (Å²) >= 11 is 0. The van der Waals surface area contributed by atoms with Crippen molar-refractivity contribution in [2.45, 2.75) is 43.9 Å². The van der Waals surface area contributed by atoms with E-state index in [1.54, 1.807) is 12.7 Å². The Bertz CT molecular complexity index is 435. The summed E-state index contributed by atoms with van der Waals surface area (Å²) in [6.07, 6.45) is 7.78. The van der Waals surface area contributed by atoms with Crippen LogP contribution in [0.5, 0.6) is 5.75 Å². The van der Waals surface area contributed by atoms with Crippen LogP contribution in [-0.4, -0.2) is 13.7 Å². The minimum absolute atomic E-state index is 0.358. The highest BCUT2D eigenvalue weighted by molar-refractivity contribution is 5.44. The SMILES string of the molecule is COc1ccc2c(c1)C1(CCCC1)C(CN)CC2. The predicted octanol–water partition coefficient (Wildman–Crippen LogP) is 3.03. The Balaban J connectivity index is 2.10. The summed E-state index contributed by atoms with van der Waals surface area (Å²) in [5.41, 5.74) is 9.48. The molecule has 0 aromatic heterocycles. The van der Waals surface area contributed by atoms with Crippen LogP contribution in [0.2, 0.25) is 0 Å². The van der Waals surface area contributed by atoms with Gasteiger partial charge in [0.05, 0.1) is 7.11 Å². The van der Waals surface area contributed by atoms with E-state index < -0.39 is 0 Å². The lowest BCUT2D eigenvalue weighted by Crippen LogP contribution is -2.41. The molecule has 1 atom stereocenters. The van der Waals surface area contributed by atoms with Gasteiger partial charge in [0.1, 0.15) is 5.75 Å². The quantitative estimate of drug-likeness (QED) is 0.869. The van der Waals surface area contributed by atoms with Gasteiger partial charge < -0.3 is 10.5 Å². The number of aryl methyl sites for hydroxylation is 1. The molecule has 0 aliphatic heterocycles. The monoisotopic (exact) mass is 245 g/mol. The molecule has 1 fully saturated rings. The molecule has 2 nitrogen and oxygen atoms in total. The second-order valence-corrected chi connectivity index (χ2v) is 5.86. The lowest BCUT2D eigenvalue weighted by molar-refractivity contribution is 0.242. The van der Waals surface area contributed by atoms with Crippen LogP contribution in [0.1, 0.15) is 43.2 Å². The third-order valence-corrected chi connectivity index (χ3v) is 5.18. The number of nitrogens with two attached hydrogens (primary N) is 1. The molecule has 1 spiro atoms. The molecule has 1 saturated carbocycles. The van der Waals surface area contributed by atoms with E-state index in [4.69, 9.17) is 10.5 Å². The molecule has 1 unspecified atom stereocenters. The maximum atomic E-state index is 6.05. The summed E-state index contributed by atoms with van der Waals surface area (Å²) in [5.74, 6) is 1.66. The smallest absolute Gasteiger partial charge is 0.119 e. The molecule has 1 aromatic rings. The van der Waals surface area contributed by atoms with Crippen molar-refractivity contribution in [2.24, 2.45) is 11.7 Å². The summed E-state index contributed by atoms with van der Waals surface area (Å²) in [5, 5.41) is 0. The fraction of sp³-hybridized carbons (Fsp3) is 0.625. The van der Waals surface area contributed by atoms with Gasteiger partial charge in [0.2, 0.25) is 0 Å². The molecular weight excluding hydrogens is 222 g/mol. The van der Waals surface area contributed by atoms with Crippen molar-refractivity contribution in [3.63, 3.8) is 0 Å². The lowest BCUT2D eigenvalue weighted by Gasteiger charge is -2.43. The second kappa shape index (κ2) is 4.58. The van der Waals surface area contributed by atoms with E-state index in [-0.39, 0.29) is 0 Å². The predicted molar refractivity (Wildman–Crippen MR) is 74.0 cm³/mol. The molecule has 0 bridgehead atoms. The molecule has 18 heavy (non-hydrogen) atoms. The van der Waals surface area contributed by atoms with Gasteiger partial charge in [-0.15, -0.1) is 0 Å². The van der Waals surface area contributed by atoms with E-state index in [0.717, 1.165) is 12.3 Å². The number of ether oxygens (including phenoxy) is 1. The fourth-order valence-electron chi connectivity index (χ4n) is 4.22. The highest BCUT2D eigenvalue weighted by Gasteiger charge is 2.45. The topological polar surface area (TPSA) is 35.2 Å². The van der Waals surface area contributed by atoms with Crippen molar-refractivity contribution in [3.8, 4) is 5.75 Å². The van der Waals surface area contributed by atoms with Crippen molar-refractivity contribution in [2.75, 3.05) is 13.7 Å². The number of benzene rings is 1. The first-order chi connectivity index (χ1) is 8.80. The average molecular weight is 245 g/mol. The van der Waals surface area contributed by atoms with Gasteiger partial charge in [-0.1, -0.05) is 18.9 Å². The van der Waals surface area contributed by atoms with Gasteiger partial charge in [0.15, 0.2) is 0 Å². The Morgan fingerprint density at radius 2 is 2.11 bits per heavy atom. The molecule has 0 heterocycles. The van der Waals surface area contributed by atoms with E-state index in [1.165, 1.54) is 44.1 Å². The van der Waals surface area contributed by atoms with Gasteiger partial charge >= 0.3 is 0 Å². The minimum atomic E-state index is 0.358. The first-order valence-corrected chi connectivity index (χ1v) is 7.17. The highest BCUT2D eigenvalue weighted by atomic mass is 16.5. The highest BCUT2D eigenvalue weighted by Crippen LogP contribution is 2.52. The van der Waals surface area contributed by atoms with Crippen LogP contribution in [0.15, 0.2) is 18.2 Å². The van der Waals surface area contributed by atoms with Crippen molar-refractivity contribution in [3.05, 3.63) is 29.3 Å². The number of fused-ring (bicyclic) bond motifs is 2. The van der Waals surface area contributed by atoms with Crippen LogP contribution in [0.3, 0.4) is 0 Å². The van der Waals surface area contributed by atoms with Gasteiger partial charge in [-0.25, -0.2) is 0 Å². The largest absolute Gasteiger partial charge is 0.497 e. The molecule has 2 heteroatoms. The molecule has 0 radical (unpaired) electrons. The molecule has 2 aliphatic rings. The summed E-state index contributed by atoms with van der Waals surface area (Å²) in [4.78, 5) is 0. The van der Waals surface area contributed by atoms with Crippen molar-refractivity contribution in [1.29, 1.82) is 0 Å².